The Labute approximate surface area is 167 Å². The number of hydrogen-bond donors (Lipinski definition) is 2. The molecule has 0 saturated heterocycles. The van der Waals surface area contributed by atoms with Crippen molar-refractivity contribution in [1.82, 2.24) is 29.9 Å². The highest BCUT2D eigenvalue weighted by atomic mass is 32.1. The fraction of sp³-hybridized carbons (Fsp3) is 0.176. The highest BCUT2D eigenvalue weighted by molar-refractivity contribution is 7.17. The second kappa shape index (κ2) is 7.44. The Morgan fingerprint density at radius 1 is 1.21 bits per heavy atom. The molecule has 4 heterocycles. The minimum absolute atomic E-state index is 0.0345. The van der Waals surface area contributed by atoms with Gasteiger partial charge in [-0.3, -0.25) is 14.9 Å². The zero-order chi connectivity index (χ0) is 19.7. The highest BCUT2D eigenvalue weighted by Crippen LogP contribution is 2.30. The molecule has 2 amide bonds. The normalized spacial score (nSPS) is 10.9. The van der Waals surface area contributed by atoms with Gasteiger partial charge in [-0.25, -0.2) is 14.5 Å². The van der Waals surface area contributed by atoms with Crippen LogP contribution in [-0.2, 0) is 11.3 Å². The van der Waals surface area contributed by atoms with E-state index in [1.807, 2.05) is 24.4 Å². The third kappa shape index (κ3) is 3.75. The van der Waals surface area contributed by atoms with Crippen molar-refractivity contribution in [2.24, 2.45) is 0 Å². The van der Waals surface area contributed by atoms with Gasteiger partial charge in [-0.15, -0.1) is 27.8 Å². The van der Waals surface area contributed by atoms with Gasteiger partial charge in [0.15, 0.2) is 5.13 Å². The summed E-state index contributed by atoms with van der Waals surface area (Å²) in [5.74, 6) is -0.106. The lowest BCUT2D eigenvalue weighted by Crippen LogP contribution is -2.17. The van der Waals surface area contributed by atoms with Gasteiger partial charge in [0.25, 0.3) is 11.7 Å². The van der Waals surface area contributed by atoms with E-state index in [-0.39, 0.29) is 11.7 Å². The predicted octanol–water partition coefficient (Wildman–Crippen LogP) is 2.51. The van der Waals surface area contributed by atoms with E-state index in [1.165, 1.54) is 22.8 Å². The van der Waals surface area contributed by atoms with Gasteiger partial charge in [0.1, 0.15) is 0 Å². The molecule has 28 heavy (non-hydrogen) atoms. The van der Waals surface area contributed by atoms with E-state index < -0.39 is 5.91 Å². The average molecular weight is 413 g/mol. The summed E-state index contributed by atoms with van der Waals surface area (Å²) in [5.41, 5.74) is 1.60. The van der Waals surface area contributed by atoms with Crippen molar-refractivity contribution in [3.8, 4) is 10.6 Å². The summed E-state index contributed by atoms with van der Waals surface area (Å²) in [7, 11) is 0. The SMILES string of the molecule is CC(=O)NCc1ccc(-c2csc(NC(=O)c3nc4nccc(C)n4n3)n2)s1. The number of amides is 2. The van der Waals surface area contributed by atoms with Crippen molar-refractivity contribution in [2.75, 3.05) is 5.32 Å². The monoisotopic (exact) mass is 413 g/mol. The lowest BCUT2D eigenvalue weighted by atomic mass is 10.3. The largest absolute Gasteiger partial charge is 0.351 e. The van der Waals surface area contributed by atoms with E-state index in [1.54, 1.807) is 23.6 Å². The van der Waals surface area contributed by atoms with Gasteiger partial charge in [0, 0.05) is 29.1 Å². The maximum Gasteiger partial charge on any atom is 0.297 e. The predicted molar refractivity (Wildman–Crippen MR) is 106 cm³/mol. The van der Waals surface area contributed by atoms with E-state index in [0.29, 0.717) is 17.5 Å². The number of anilines is 1. The zero-order valence-corrected chi connectivity index (χ0v) is 16.6. The topological polar surface area (TPSA) is 114 Å². The molecule has 9 nitrogen and oxygen atoms in total. The van der Waals surface area contributed by atoms with Crippen LogP contribution in [0, 0.1) is 6.92 Å². The van der Waals surface area contributed by atoms with Crippen LogP contribution in [0.5, 0.6) is 0 Å². The number of thiophene rings is 1. The summed E-state index contributed by atoms with van der Waals surface area (Å²) in [5, 5.41) is 12.0. The average Bonchev–Trinajstić information content (AvgIpc) is 3.39. The van der Waals surface area contributed by atoms with Crippen LogP contribution in [0.25, 0.3) is 16.3 Å². The lowest BCUT2D eigenvalue weighted by molar-refractivity contribution is -0.119. The third-order valence-corrected chi connectivity index (χ3v) is 5.65. The molecule has 11 heteroatoms. The number of aromatic nitrogens is 5. The summed E-state index contributed by atoms with van der Waals surface area (Å²) in [6.45, 7) is 3.83. The Morgan fingerprint density at radius 2 is 2.07 bits per heavy atom. The number of carbonyl (C=O) groups is 2. The molecule has 0 aliphatic rings. The maximum absolute atomic E-state index is 12.4. The molecule has 2 N–H and O–H groups in total. The number of carbonyl (C=O) groups excluding carboxylic acids is 2. The molecular weight excluding hydrogens is 398 g/mol. The lowest BCUT2D eigenvalue weighted by Gasteiger charge is -1.97. The molecular formula is C17H15N7O2S2. The van der Waals surface area contributed by atoms with Gasteiger partial charge in [-0.2, -0.15) is 4.98 Å². The van der Waals surface area contributed by atoms with Crippen molar-refractivity contribution in [2.45, 2.75) is 20.4 Å². The van der Waals surface area contributed by atoms with E-state index in [0.717, 1.165) is 21.1 Å². The Bertz CT molecular complexity index is 1180. The molecule has 4 aromatic rings. The van der Waals surface area contributed by atoms with Crippen molar-refractivity contribution in [1.29, 1.82) is 0 Å². The first-order chi connectivity index (χ1) is 13.5. The molecule has 4 rings (SSSR count). The quantitative estimate of drug-likeness (QED) is 0.520. The van der Waals surface area contributed by atoms with Crippen LogP contribution in [-0.4, -0.2) is 36.4 Å². The third-order valence-electron chi connectivity index (χ3n) is 3.78. The fourth-order valence-corrected chi connectivity index (χ4v) is 4.11. The van der Waals surface area contributed by atoms with Gasteiger partial charge < -0.3 is 5.32 Å². The van der Waals surface area contributed by atoms with Crippen LogP contribution in [0.3, 0.4) is 0 Å². The van der Waals surface area contributed by atoms with Gasteiger partial charge in [-0.05, 0) is 25.1 Å². The van der Waals surface area contributed by atoms with E-state index in [4.69, 9.17) is 0 Å². The number of nitrogens with one attached hydrogen (secondary N) is 2. The second-order valence-electron chi connectivity index (χ2n) is 5.90. The number of hydrogen-bond acceptors (Lipinski definition) is 8. The first-order valence-electron chi connectivity index (χ1n) is 8.28. The standard InChI is InChI=1S/C17H15N7O2S2/c1-9-5-6-18-16-21-14(23-24(9)16)15(26)22-17-20-12(8-27-17)13-4-3-11(28-13)7-19-10(2)25/h3-6,8H,7H2,1-2H3,(H,19,25)(H,20,22,26). The Balaban J connectivity index is 1.47. The summed E-state index contributed by atoms with van der Waals surface area (Å²) < 4.78 is 1.52. The van der Waals surface area contributed by atoms with Crippen molar-refractivity contribution in [3.05, 3.63) is 46.2 Å². The molecule has 4 aromatic heterocycles. The van der Waals surface area contributed by atoms with Crippen LogP contribution in [0.1, 0.15) is 28.1 Å². The minimum atomic E-state index is -0.441. The molecule has 0 saturated carbocycles. The second-order valence-corrected chi connectivity index (χ2v) is 7.93. The molecule has 0 radical (unpaired) electrons. The van der Waals surface area contributed by atoms with Gasteiger partial charge in [0.2, 0.25) is 11.7 Å². The maximum atomic E-state index is 12.4. The van der Waals surface area contributed by atoms with Gasteiger partial charge in [0.05, 0.1) is 17.1 Å². The number of fused-ring (bicyclic) bond motifs is 1. The van der Waals surface area contributed by atoms with Crippen LogP contribution < -0.4 is 10.6 Å². The molecule has 0 atom stereocenters. The molecule has 0 bridgehead atoms. The molecule has 0 aromatic carbocycles. The first-order valence-corrected chi connectivity index (χ1v) is 9.98. The molecule has 0 aliphatic heterocycles. The van der Waals surface area contributed by atoms with Crippen LogP contribution >= 0.6 is 22.7 Å². The minimum Gasteiger partial charge on any atom is -0.351 e. The van der Waals surface area contributed by atoms with Crippen molar-refractivity contribution >= 4 is 45.4 Å². The first kappa shape index (κ1) is 18.2. The Morgan fingerprint density at radius 3 is 2.86 bits per heavy atom. The summed E-state index contributed by atoms with van der Waals surface area (Å²) >= 11 is 2.86. The van der Waals surface area contributed by atoms with Crippen LogP contribution in [0.4, 0.5) is 5.13 Å². The molecule has 0 aliphatic carbocycles. The van der Waals surface area contributed by atoms with Gasteiger partial charge >= 0.3 is 0 Å². The van der Waals surface area contributed by atoms with E-state index in [2.05, 4.69) is 30.7 Å². The summed E-state index contributed by atoms with van der Waals surface area (Å²) in [6, 6.07) is 5.68. The molecule has 142 valence electrons. The van der Waals surface area contributed by atoms with Crippen LogP contribution in [0.15, 0.2) is 29.8 Å². The van der Waals surface area contributed by atoms with E-state index >= 15 is 0 Å². The fourth-order valence-electron chi connectivity index (χ4n) is 2.42. The molecule has 0 unspecified atom stereocenters. The number of rotatable bonds is 5. The highest BCUT2D eigenvalue weighted by Gasteiger charge is 2.16. The Hall–Kier alpha value is -3.18. The smallest absolute Gasteiger partial charge is 0.297 e. The summed E-state index contributed by atoms with van der Waals surface area (Å²) in [4.78, 5) is 38.2. The Kier molecular flexibility index (Phi) is 4.84. The number of aryl methyl sites for hydroxylation is 1. The number of thiazole rings is 1. The van der Waals surface area contributed by atoms with E-state index in [9.17, 15) is 9.59 Å². The summed E-state index contributed by atoms with van der Waals surface area (Å²) in [6.07, 6.45) is 1.62. The van der Waals surface area contributed by atoms with Crippen molar-refractivity contribution < 1.29 is 9.59 Å². The zero-order valence-electron chi connectivity index (χ0n) is 15.0. The number of nitrogens with zero attached hydrogens (tertiary/aromatic N) is 5. The van der Waals surface area contributed by atoms with Crippen LogP contribution in [0.2, 0.25) is 0 Å². The molecule has 0 fully saturated rings. The molecule has 0 spiro atoms. The van der Waals surface area contributed by atoms with Gasteiger partial charge in [-0.1, -0.05) is 0 Å². The van der Waals surface area contributed by atoms with Crippen molar-refractivity contribution in [3.63, 3.8) is 0 Å².